The summed E-state index contributed by atoms with van der Waals surface area (Å²) in [5, 5.41) is 3.27. The summed E-state index contributed by atoms with van der Waals surface area (Å²) in [6.45, 7) is 1.93. The first kappa shape index (κ1) is 16.1. The smallest absolute Gasteiger partial charge is 0.257 e. The van der Waals surface area contributed by atoms with E-state index in [1.165, 1.54) is 0 Å². The Bertz CT molecular complexity index is 845. The van der Waals surface area contributed by atoms with Crippen LogP contribution in [0.4, 0.5) is 5.69 Å². The van der Waals surface area contributed by atoms with E-state index < -0.39 is 0 Å². The molecule has 0 aliphatic heterocycles. The Labute approximate surface area is 145 Å². The molecule has 0 aromatic heterocycles. The summed E-state index contributed by atoms with van der Waals surface area (Å²) < 4.78 is 5.72. The SMILES string of the molecule is Cc1ccc(C(=O)Nc2ccc(Oc3ccccc3)cc2)c(Cl)c1. The molecule has 3 rings (SSSR count). The maximum absolute atomic E-state index is 12.3. The van der Waals surface area contributed by atoms with Crippen LogP contribution in [0.3, 0.4) is 0 Å². The topological polar surface area (TPSA) is 38.3 Å². The van der Waals surface area contributed by atoms with E-state index in [0.717, 1.165) is 11.3 Å². The van der Waals surface area contributed by atoms with Crippen LogP contribution in [0.2, 0.25) is 5.02 Å². The fraction of sp³-hybridized carbons (Fsp3) is 0.0500. The lowest BCUT2D eigenvalue weighted by Crippen LogP contribution is -2.12. The fourth-order valence-electron chi connectivity index (χ4n) is 2.23. The zero-order chi connectivity index (χ0) is 16.9. The molecule has 0 radical (unpaired) electrons. The maximum Gasteiger partial charge on any atom is 0.257 e. The highest BCUT2D eigenvalue weighted by molar-refractivity contribution is 6.34. The van der Waals surface area contributed by atoms with Gasteiger partial charge in [-0.15, -0.1) is 0 Å². The van der Waals surface area contributed by atoms with Crippen molar-refractivity contribution >= 4 is 23.2 Å². The molecule has 3 aromatic carbocycles. The predicted octanol–water partition coefficient (Wildman–Crippen LogP) is 5.69. The molecule has 24 heavy (non-hydrogen) atoms. The summed E-state index contributed by atoms with van der Waals surface area (Å²) in [5.74, 6) is 1.23. The molecule has 0 fully saturated rings. The lowest BCUT2D eigenvalue weighted by atomic mass is 10.1. The average Bonchev–Trinajstić information content (AvgIpc) is 2.57. The number of nitrogens with one attached hydrogen (secondary N) is 1. The third-order valence-corrected chi connectivity index (χ3v) is 3.77. The van der Waals surface area contributed by atoms with Crippen LogP contribution in [0.1, 0.15) is 15.9 Å². The normalized spacial score (nSPS) is 10.2. The van der Waals surface area contributed by atoms with E-state index in [2.05, 4.69) is 5.32 Å². The number of hydrogen-bond donors (Lipinski definition) is 1. The van der Waals surface area contributed by atoms with Crippen molar-refractivity contribution in [3.63, 3.8) is 0 Å². The first-order valence-electron chi connectivity index (χ1n) is 7.52. The van der Waals surface area contributed by atoms with Gasteiger partial charge in [0.15, 0.2) is 0 Å². The van der Waals surface area contributed by atoms with E-state index in [-0.39, 0.29) is 5.91 Å². The van der Waals surface area contributed by atoms with Gasteiger partial charge in [0.05, 0.1) is 10.6 Å². The number of carbonyl (C=O) groups is 1. The Hall–Kier alpha value is -2.78. The number of benzene rings is 3. The largest absolute Gasteiger partial charge is 0.457 e. The minimum Gasteiger partial charge on any atom is -0.457 e. The molecular formula is C20H16ClNO2. The predicted molar refractivity (Wildman–Crippen MR) is 97.1 cm³/mol. The molecule has 0 saturated carbocycles. The van der Waals surface area contributed by atoms with E-state index in [4.69, 9.17) is 16.3 Å². The molecule has 0 heterocycles. The summed E-state index contributed by atoms with van der Waals surface area (Å²) in [5.41, 5.74) is 2.14. The minimum absolute atomic E-state index is 0.239. The summed E-state index contributed by atoms with van der Waals surface area (Å²) in [6, 6.07) is 22.1. The van der Waals surface area contributed by atoms with Crippen molar-refractivity contribution in [1.82, 2.24) is 0 Å². The Morgan fingerprint density at radius 3 is 2.25 bits per heavy atom. The van der Waals surface area contributed by atoms with Crippen molar-refractivity contribution in [2.24, 2.45) is 0 Å². The van der Waals surface area contributed by atoms with Crippen LogP contribution in [-0.4, -0.2) is 5.91 Å². The van der Waals surface area contributed by atoms with Gasteiger partial charge in [0.2, 0.25) is 0 Å². The molecule has 0 bridgehead atoms. The van der Waals surface area contributed by atoms with Crippen LogP contribution in [0.25, 0.3) is 0 Å². The van der Waals surface area contributed by atoms with Crippen molar-refractivity contribution in [2.75, 3.05) is 5.32 Å². The lowest BCUT2D eigenvalue weighted by Gasteiger charge is -2.09. The van der Waals surface area contributed by atoms with Gasteiger partial charge in [-0.25, -0.2) is 0 Å². The Morgan fingerprint density at radius 2 is 1.58 bits per heavy atom. The molecule has 0 saturated heterocycles. The second kappa shape index (κ2) is 7.20. The third-order valence-electron chi connectivity index (χ3n) is 3.46. The molecule has 3 nitrogen and oxygen atoms in total. The molecule has 0 spiro atoms. The number of para-hydroxylation sites is 1. The van der Waals surface area contributed by atoms with E-state index in [1.54, 1.807) is 36.4 Å². The van der Waals surface area contributed by atoms with Crippen LogP contribution in [0.15, 0.2) is 72.8 Å². The van der Waals surface area contributed by atoms with Gasteiger partial charge in [0.1, 0.15) is 11.5 Å². The summed E-state index contributed by atoms with van der Waals surface area (Å²) in [7, 11) is 0. The number of rotatable bonds is 4. The third kappa shape index (κ3) is 3.94. The van der Waals surface area contributed by atoms with E-state index in [9.17, 15) is 4.79 Å². The molecule has 1 amide bonds. The number of aryl methyl sites for hydroxylation is 1. The zero-order valence-corrected chi connectivity index (χ0v) is 13.9. The van der Waals surface area contributed by atoms with Gasteiger partial charge in [0.25, 0.3) is 5.91 Å². The Morgan fingerprint density at radius 1 is 0.917 bits per heavy atom. The first-order valence-corrected chi connectivity index (χ1v) is 7.90. The summed E-state index contributed by atoms with van der Waals surface area (Å²) in [6.07, 6.45) is 0. The van der Waals surface area contributed by atoms with Crippen LogP contribution < -0.4 is 10.1 Å². The number of amides is 1. The number of carbonyl (C=O) groups excluding carboxylic acids is 1. The van der Waals surface area contributed by atoms with E-state index >= 15 is 0 Å². The second-order valence-electron chi connectivity index (χ2n) is 5.38. The van der Waals surface area contributed by atoms with Crippen molar-refractivity contribution in [2.45, 2.75) is 6.92 Å². The van der Waals surface area contributed by atoms with Crippen LogP contribution in [0, 0.1) is 6.92 Å². The van der Waals surface area contributed by atoms with Gasteiger partial charge in [-0.05, 0) is 61.0 Å². The van der Waals surface area contributed by atoms with E-state index in [1.807, 2.05) is 43.3 Å². The van der Waals surface area contributed by atoms with Crippen LogP contribution in [-0.2, 0) is 0 Å². The number of ether oxygens (including phenoxy) is 1. The van der Waals surface area contributed by atoms with Crippen molar-refractivity contribution < 1.29 is 9.53 Å². The fourth-order valence-corrected chi connectivity index (χ4v) is 2.55. The zero-order valence-electron chi connectivity index (χ0n) is 13.1. The van der Waals surface area contributed by atoms with Gasteiger partial charge in [-0.1, -0.05) is 35.9 Å². The number of anilines is 1. The van der Waals surface area contributed by atoms with Crippen molar-refractivity contribution in [3.05, 3.63) is 88.9 Å². The molecule has 120 valence electrons. The summed E-state index contributed by atoms with van der Waals surface area (Å²) >= 11 is 6.13. The van der Waals surface area contributed by atoms with Gasteiger partial charge in [0, 0.05) is 5.69 Å². The minimum atomic E-state index is -0.239. The highest BCUT2D eigenvalue weighted by Gasteiger charge is 2.10. The molecule has 3 aromatic rings. The number of halogens is 1. The van der Waals surface area contributed by atoms with Gasteiger partial charge in [-0.2, -0.15) is 0 Å². The monoisotopic (exact) mass is 337 g/mol. The Kier molecular flexibility index (Phi) is 4.82. The maximum atomic E-state index is 12.3. The quantitative estimate of drug-likeness (QED) is 0.663. The van der Waals surface area contributed by atoms with Gasteiger partial charge >= 0.3 is 0 Å². The highest BCUT2D eigenvalue weighted by Crippen LogP contribution is 2.24. The molecule has 1 N–H and O–H groups in total. The van der Waals surface area contributed by atoms with Gasteiger partial charge in [-0.3, -0.25) is 4.79 Å². The van der Waals surface area contributed by atoms with Crippen molar-refractivity contribution in [1.29, 1.82) is 0 Å². The lowest BCUT2D eigenvalue weighted by molar-refractivity contribution is 0.102. The molecule has 0 aliphatic rings. The number of hydrogen-bond acceptors (Lipinski definition) is 2. The standard InChI is InChI=1S/C20H16ClNO2/c1-14-7-12-18(19(21)13-14)20(23)22-15-8-10-17(11-9-15)24-16-5-3-2-4-6-16/h2-13H,1H3,(H,22,23). The molecule has 0 aliphatic carbocycles. The van der Waals surface area contributed by atoms with Gasteiger partial charge < -0.3 is 10.1 Å². The first-order chi connectivity index (χ1) is 11.6. The van der Waals surface area contributed by atoms with Crippen molar-refractivity contribution in [3.8, 4) is 11.5 Å². The second-order valence-corrected chi connectivity index (χ2v) is 5.78. The Balaban J connectivity index is 1.68. The van der Waals surface area contributed by atoms with Crippen LogP contribution in [0.5, 0.6) is 11.5 Å². The molecular weight excluding hydrogens is 322 g/mol. The molecule has 0 atom stereocenters. The molecule has 0 unspecified atom stereocenters. The summed E-state index contributed by atoms with van der Waals surface area (Å²) in [4.78, 5) is 12.3. The highest BCUT2D eigenvalue weighted by atomic mass is 35.5. The average molecular weight is 338 g/mol. The molecule has 4 heteroatoms. The van der Waals surface area contributed by atoms with Crippen LogP contribution >= 0.6 is 11.6 Å². The van der Waals surface area contributed by atoms with E-state index in [0.29, 0.717) is 22.0 Å².